The van der Waals surface area contributed by atoms with E-state index in [1.807, 2.05) is 0 Å². The number of halogens is 3. The van der Waals surface area contributed by atoms with Gasteiger partial charge in [0.25, 0.3) is 0 Å². The fourth-order valence-corrected chi connectivity index (χ4v) is 3.25. The lowest BCUT2D eigenvalue weighted by Gasteiger charge is -2.32. The molecule has 1 aliphatic heterocycles. The standard InChI is InChI=1S/C16H21Cl2N3O2.ClH/c17-13-4-1-5-14(18)12(13)9-15(22)21-8-2-3-11(10-21)16(23)20-7-6-19;/h1,4-5,11H,2-3,6-10,19H2,(H,20,23);1H. The van der Waals surface area contributed by atoms with Crippen molar-refractivity contribution in [3.63, 3.8) is 0 Å². The van der Waals surface area contributed by atoms with Crippen LogP contribution in [0.4, 0.5) is 0 Å². The smallest absolute Gasteiger partial charge is 0.227 e. The van der Waals surface area contributed by atoms with Gasteiger partial charge in [-0.2, -0.15) is 0 Å². The molecule has 5 nitrogen and oxygen atoms in total. The largest absolute Gasteiger partial charge is 0.355 e. The molecule has 1 saturated heterocycles. The molecule has 0 aromatic heterocycles. The van der Waals surface area contributed by atoms with Crippen molar-refractivity contribution < 1.29 is 9.59 Å². The molecule has 134 valence electrons. The number of carbonyl (C=O) groups excluding carboxylic acids is 2. The zero-order valence-corrected chi connectivity index (χ0v) is 15.6. The third-order valence-corrected chi connectivity index (χ3v) is 4.69. The molecule has 0 saturated carbocycles. The second-order valence-electron chi connectivity index (χ2n) is 5.64. The molecule has 1 aromatic rings. The van der Waals surface area contributed by atoms with Gasteiger partial charge in [-0.05, 0) is 30.5 Å². The Hall–Kier alpha value is -1.01. The Balaban J connectivity index is 0.00000288. The number of benzene rings is 1. The molecule has 24 heavy (non-hydrogen) atoms. The Kier molecular flexibility index (Phi) is 8.84. The predicted octanol–water partition coefficient (Wildman–Crippen LogP) is 2.27. The molecule has 0 spiro atoms. The summed E-state index contributed by atoms with van der Waals surface area (Å²) in [5.74, 6) is -0.277. The highest BCUT2D eigenvalue weighted by molar-refractivity contribution is 6.36. The highest BCUT2D eigenvalue weighted by Crippen LogP contribution is 2.26. The average Bonchev–Trinajstić information content (AvgIpc) is 2.56. The topological polar surface area (TPSA) is 75.4 Å². The lowest BCUT2D eigenvalue weighted by Crippen LogP contribution is -2.46. The van der Waals surface area contributed by atoms with Gasteiger partial charge in [0.15, 0.2) is 0 Å². The highest BCUT2D eigenvalue weighted by atomic mass is 35.5. The van der Waals surface area contributed by atoms with Crippen LogP contribution in [0.3, 0.4) is 0 Å². The predicted molar refractivity (Wildman–Crippen MR) is 98.8 cm³/mol. The van der Waals surface area contributed by atoms with E-state index >= 15 is 0 Å². The van der Waals surface area contributed by atoms with Gasteiger partial charge in [0.2, 0.25) is 11.8 Å². The minimum atomic E-state index is -0.180. The molecule has 3 N–H and O–H groups in total. The fourth-order valence-electron chi connectivity index (χ4n) is 2.72. The molecule has 2 rings (SSSR count). The van der Waals surface area contributed by atoms with Gasteiger partial charge in [0, 0.05) is 36.2 Å². The first kappa shape index (κ1) is 21.0. The summed E-state index contributed by atoms with van der Waals surface area (Å²) in [6, 6.07) is 5.18. The van der Waals surface area contributed by atoms with Gasteiger partial charge in [0.1, 0.15) is 0 Å². The molecule has 1 unspecified atom stereocenters. The molecule has 1 heterocycles. The number of nitrogens with one attached hydrogen (secondary N) is 1. The minimum absolute atomic E-state index is 0. The van der Waals surface area contributed by atoms with Gasteiger partial charge in [-0.25, -0.2) is 0 Å². The van der Waals surface area contributed by atoms with Crippen LogP contribution >= 0.6 is 35.6 Å². The Morgan fingerprint density at radius 2 is 1.96 bits per heavy atom. The molecule has 1 atom stereocenters. The summed E-state index contributed by atoms with van der Waals surface area (Å²) < 4.78 is 0. The van der Waals surface area contributed by atoms with Crippen LogP contribution in [0.25, 0.3) is 0 Å². The maximum Gasteiger partial charge on any atom is 0.227 e. The summed E-state index contributed by atoms with van der Waals surface area (Å²) in [7, 11) is 0. The molecule has 0 radical (unpaired) electrons. The lowest BCUT2D eigenvalue weighted by atomic mass is 9.96. The maximum atomic E-state index is 12.5. The van der Waals surface area contributed by atoms with Crippen LogP contribution in [0.1, 0.15) is 18.4 Å². The number of amides is 2. The van der Waals surface area contributed by atoms with Crippen molar-refractivity contribution in [2.45, 2.75) is 19.3 Å². The molecule has 1 aliphatic rings. The van der Waals surface area contributed by atoms with Crippen LogP contribution in [0.2, 0.25) is 10.0 Å². The quantitative estimate of drug-likeness (QED) is 0.804. The number of hydrogen-bond donors (Lipinski definition) is 2. The van der Waals surface area contributed by atoms with E-state index in [4.69, 9.17) is 28.9 Å². The number of nitrogens with two attached hydrogens (primary N) is 1. The monoisotopic (exact) mass is 393 g/mol. The molecule has 1 fully saturated rings. The average molecular weight is 395 g/mol. The fraction of sp³-hybridized carbons (Fsp3) is 0.500. The van der Waals surface area contributed by atoms with Gasteiger partial charge >= 0.3 is 0 Å². The van der Waals surface area contributed by atoms with Crippen molar-refractivity contribution in [1.82, 2.24) is 10.2 Å². The molecule has 0 aliphatic carbocycles. The van der Waals surface area contributed by atoms with Crippen LogP contribution in [0, 0.1) is 5.92 Å². The summed E-state index contributed by atoms with van der Waals surface area (Å²) in [6.45, 7) is 1.95. The second-order valence-corrected chi connectivity index (χ2v) is 6.45. The van der Waals surface area contributed by atoms with Crippen molar-refractivity contribution in [3.8, 4) is 0 Å². The minimum Gasteiger partial charge on any atom is -0.355 e. The first-order valence-electron chi connectivity index (χ1n) is 7.71. The number of likely N-dealkylation sites (tertiary alicyclic amines) is 1. The van der Waals surface area contributed by atoms with Crippen LogP contribution in [0.5, 0.6) is 0 Å². The van der Waals surface area contributed by atoms with Gasteiger partial charge in [-0.1, -0.05) is 29.3 Å². The summed E-state index contributed by atoms with van der Waals surface area (Å²) in [5, 5.41) is 3.76. The summed E-state index contributed by atoms with van der Waals surface area (Å²) in [6.07, 6.45) is 1.74. The van der Waals surface area contributed by atoms with E-state index in [2.05, 4.69) is 5.32 Å². The van der Waals surface area contributed by atoms with E-state index in [1.54, 1.807) is 23.1 Å². The number of carbonyl (C=O) groups is 2. The second kappa shape index (κ2) is 10.1. The van der Waals surface area contributed by atoms with Crippen molar-refractivity contribution >= 4 is 47.4 Å². The van der Waals surface area contributed by atoms with Crippen LogP contribution in [-0.4, -0.2) is 42.9 Å². The van der Waals surface area contributed by atoms with Crippen molar-refractivity contribution in [1.29, 1.82) is 0 Å². The van der Waals surface area contributed by atoms with E-state index in [0.29, 0.717) is 41.8 Å². The number of rotatable bonds is 5. The molecule has 8 heteroatoms. The number of hydrogen-bond acceptors (Lipinski definition) is 3. The van der Waals surface area contributed by atoms with Gasteiger partial charge in [0.05, 0.1) is 12.3 Å². The normalized spacial score (nSPS) is 17.1. The Morgan fingerprint density at radius 3 is 2.58 bits per heavy atom. The number of piperidine rings is 1. The van der Waals surface area contributed by atoms with Crippen molar-refractivity contribution in [3.05, 3.63) is 33.8 Å². The van der Waals surface area contributed by atoms with E-state index in [1.165, 1.54) is 0 Å². The van der Waals surface area contributed by atoms with E-state index < -0.39 is 0 Å². The Labute approximate surface area is 158 Å². The molecular formula is C16H22Cl3N3O2. The van der Waals surface area contributed by atoms with Crippen molar-refractivity contribution in [2.75, 3.05) is 26.2 Å². The molecule has 0 bridgehead atoms. The summed E-state index contributed by atoms with van der Waals surface area (Å²) in [5.41, 5.74) is 6.03. The zero-order valence-electron chi connectivity index (χ0n) is 13.3. The van der Waals surface area contributed by atoms with Crippen molar-refractivity contribution in [2.24, 2.45) is 11.7 Å². The molecular weight excluding hydrogens is 373 g/mol. The summed E-state index contributed by atoms with van der Waals surface area (Å²) >= 11 is 12.2. The first-order chi connectivity index (χ1) is 11.0. The first-order valence-corrected chi connectivity index (χ1v) is 8.47. The number of nitrogens with zero attached hydrogens (tertiary/aromatic N) is 1. The highest BCUT2D eigenvalue weighted by Gasteiger charge is 2.28. The van der Waals surface area contributed by atoms with Crippen LogP contribution in [-0.2, 0) is 16.0 Å². The van der Waals surface area contributed by atoms with E-state index in [0.717, 1.165) is 12.8 Å². The Morgan fingerprint density at radius 1 is 1.29 bits per heavy atom. The van der Waals surface area contributed by atoms with Gasteiger partial charge in [-0.3, -0.25) is 9.59 Å². The molecule has 1 aromatic carbocycles. The SMILES string of the molecule is Cl.NCCNC(=O)C1CCCN(C(=O)Cc2c(Cl)cccc2Cl)C1. The third-order valence-electron chi connectivity index (χ3n) is 3.98. The lowest BCUT2D eigenvalue weighted by molar-refractivity contribution is -0.135. The maximum absolute atomic E-state index is 12.5. The van der Waals surface area contributed by atoms with Crippen LogP contribution < -0.4 is 11.1 Å². The zero-order chi connectivity index (χ0) is 16.8. The molecule has 2 amide bonds. The summed E-state index contributed by atoms with van der Waals surface area (Å²) in [4.78, 5) is 26.3. The van der Waals surface area contributed by atoms with E-state index in [9.17, 15) is 9.59 Å². The third kappa shape index (κ3) is 5.52. The van der Waals surface area contributed by atoms with Gasteiger partial charge in [-0.15, -0.1) is 12.4 Å². The Bertz CT molecular complexity index is 563. The van der Waals surface area contributed by atoms with Gasteiger partial charge < -0.3 is 16.0 Å². The van der Waals surface area contributed by atoms with E-state index in [-0.39, 0.29) is 36.6 Å². The van der Waals surface area contributed by atoms with Crippen LogP contribution in [0.15, 0.2) is 18.2 Å².